The average molecular weight is 1010 g/mol. The van der Waals surface area contributed by atoms with Crippen molar-refractivity contribution >= 4 is 28.6 Å². The molecule has 2 saturated heterocycles. The van der Waals surface area contributed by atoms with Gasteiger partial charge in [0, 0.05) is 55.0 Å². The van der Waals surface area contributed by atoms with Gasteiger partial charge < -0.3 is 33.0 Å². The number of ether oxygens (including phenoxy) is 5. The van der Waals surface area contributed by atoms with Gasteiger partial charge in [0.05, 0.1) is 12.8 Å². The van der Waals surface area contributed by atoms with Crippen molar-refractivity contribution in [3.05, 3.63) is 108 Å². The number of carbonyl (C=O) groups excluding carboxylic acids is 2. The summed E-state index contributed by atoms with van der Waals surface area (Å²) in [6.07, 6.45) is 19.4. The first-order valence-corrected chi connectivity index (χ1v) is 27.1. The average Bonchev–Trinajstić information content (AvgIpc) is 3.86. The largest absolute Gasteiger partial charge is 0.463 e. The van der Waals surface area contributed by atoms with E-state index < -0.39 is 65.0 Å². The molecule has 0 radical (unpaired) electrons. The van der Waals surface area contributed by atoms with Gasteiger partial charge in [0.1, 0.15) is 36.1 Å². The molecule has 2 aromatic heterocycles. The lowest BCUT2D eigenvalue weighted by atomic mass is 9.79. The fourth-order valence-electron chi connectivity index (χ4n) is 11.3. The molecule has 5 heterocycles. The third-order valence-electron chi connectivity index (χ3n) is 15.2. The monoisotopic (exact) mass is 1010 g/mol. The number of hydrogen-bond acceptors (Lipinski definition) is 12. The second-order valence-corrected chi connectivity index (χ2v) is 21.8. The Hall–Kier alpha value is -5.12. The first-order valence-electron chi connectivity index (χ1n) is 27.1. The lowest BCUT2D eigenvalue weighted by molar-refractivity contribution is -0.229. The summed E-state index contributed by atoms with van der Waals surface area (Å²) in [6, 6.07) is 5.34. The minimum atomic E-state index is -1.16. The fourth-order valence-corrected chi connectivity index (χ4v) is 11.3. The van der Waals surface area contributed by atoms with Crippen LogP contribution in [-0.4, -0.2) is 70.5 Å². The molecule has 3 fully saturated rings. The van der Waals surface area contributed by atoms with Gasteiger partial charge in [0.25, 0.3) is 5.56 Å². The van der Waals surface area contributed by atoms with Gasteiger partial charge in [-0.2, -0.15) is 4.39 Å². The van der Waals surface area contributed by atoms with Gasteiger partial charge in [-0.25, -0.2) is 14.4 Å². The number of esters is 2. The van der Waals surface area contributed by atoms with Crippen LogP contribution in [0, 0.1) is 5.82 Å². The van der Waals surface area contributed by atoms with Crippen molar-refractivity contribution in [1.82, 2.24) is 9.13 Å². The summed E-state index contributed by atoms with van der Waals surface area (Å²) >= 11 is 0. The zero-order chi connectivity index (χ0) is 52.5. The van der Waals surface area contributed by atoms with Crippen molar-refractivity contribution in [2.45, 2.75) is 219 Å². The number of halogens is 1. The standard InChI is InChI=1S/C58H80FN3O11/c1-9-68-54(65)44-33-42-32-43-41(6)35-57(7,8)62(46(43)34-47(42)71-55(44)66)30-21-26-49(63)69-37-48-50-51(73-58(72-50)28-17-15-13-11-10-12-14-16-18-29-58)53(70-48)61-36-45(59)52(64)60(56(61)67)31-27-40(5)25-20-24-39(4)23-19-22-38(2)3/h22,24,27,32-34,36,41,48,50-51,53H,9-21,23,25-26,28-31,35,37H2,1-8H3/b39-24+,40-27+/t41?,48-,50-,51-,53-/m1/s1. The molecule has 0 amide bonds. The van der Waals surface area contributed by atoms with Crippen LogP contribution in [0.4, 0.5) is 10.1 Å². The smallest absolute Gasteiger partial charge is 0.351 e. The molecular formula is C58H80FN3O11. The van der Waals surface area contributed by atoms with Gasteiger partial charge in [-0.3, -0.25) is 18.7 Å². The summed E-state index contributed by atoms with van der Waals surface area (Å²) in [7, 11) is 0. The summed E-state index contributed by atoms with van der Waals surface area (Å²) in [5.74, 6) is -3.07. The third kappa shape index (κ3) is 13.8. The van der Waals surface area contributed by atoms with E-state index in [1.807, 2.05) is 19.1 Å². The molecule has 4 aliphatic rings. The van der Waals surface area contributed by atoms with E-state index >= 15 is 4.39 Å². The molecule has 0 bridgehead atoms. The lowest BCUT2D eigenvalue weighted by Gasteiger charge is -2.47. The van der Waals surface area contributed by atoms with Gasteiger partial charge in [-0.05, 0) is 123 Å². The molecule has 0 N–H and O–H groups in total. The van der Waals surface area contributed by atoms with Crippen molar-refractivity contribution in [2.75, 3.05) is 24.7 Å². The molecule has 1 aliphatic carbocycles. The normalized spacial score (nSPS) is 23.4. The molecule has 15 heteroatoms. The maximum Gasteiger partial charge on any atom is 0.351 e. The molecule has 1 unspecified atom stereocenters. The number of allylic oxidation sites excluding steroid dienone is 6. The summed E-state index contributed by atoms with van der Waals surface area (Å²) in [4.78, 5) is 68.9. The highest BCUT2D eigenvalue weighted by Crippen LogP contribution is 2.48. The highest BCUT2D eigenvalue weighted by molar-refractivity contribution is 5.94. The molecule has 5 atom stereocenters. The SMILES string of the molecule is CCOC(=O)c1cc2cc3c(cc2oc1=O)N(CCCC(=O)OC[C@H]1O[C@@H](n2cc(F)c(=O)n(C/C=C(\C)CC/C=C(\C)CCC=C(C)C)c2=O)[C@@H]2OC4(CCCCCCCCCCC4)O[C@@H]21)C(C)(C)CC3C. The van der Waals surface area contributed by atoms with E-state index in [0.29, 0.717) is 36.8 Å². The molecule has 1 spiro atoms. The lowest BCUT2D eigenvalue weighted by Crippen LogP contribution is -2.48. The number of benzene rings is 1. The van der Waals surface area contributed by atoms with Gasteiger partial charge in [0.15, 0.2) is 12.0 Å². The Morgan fingerprint density at radius 2 is 1.47 bits per heavy atom. The number of nitrogens with zero attached hydrogens (tertiary/aromatic N) is 3. The number of rotatable bonds is 17. The zero-order valence-corrected chi connectivity index (χ0v) is 44.7. The Labute approximate surface area is 429 Å². The van der Waals surface area contributed by atoms with Crippen molar-refractivity contribution < 1.29 is 42.1 Å². The quantitative estimate of drug-likeness (QED) is 0.0717. The van der Waals surface area contributed by atoms with Crippen LogP contribution in [0.5, 0.6) is 0 Å². The first-order chi connectivity index (χ1) is 34.9. The maximum atomic E-state index is 15.7. The molecule has 73 heavy (non-hydrogen) atoms. The predicted molar refractivity (Wildman–Crippen MR) is 281 cm³/mol. The molecule has 1 aromatic carbocycles. The number of carbonyl (C=O) groups is 2. The number of hydrogen-bond donors (Lipinski definition) is 0. The minimum Gasteiger partial charge on any atom is -0.463 e. The Morgan fingerprint density at radius 3 is 2.14 bits per heavy atom. The molecule has 7 rings (SSSR count). The topological polar surface area (TPSA) is 158 Å². The number of fused-ring (bicyclic) bond motifs is 3. The van der Waals surface area contributed by atoms with E-state index in [9.17, 15) is 24.0 Å². The molecule has 3 aromatic rings. The van der Waals surface area contributed by atoms with Crippen LogP contribution in [0.15, 0.2) is 78.1 Å². The van der Waals surface area contributed by atoms with Crippen LogP contribution in [0.1, 0.15) is 199 Å². The first kappa shape index (κ1) is 55.6. The van der Waals surface area contributed by atoms with Crippen molar-refractivity contribution in [2.24, 2.45) is 0 Å². The van der Waals surface area contributed by atoms with E-state index in [1.165, 1.54) is 36.5 Å². The predicted octanol–water partition coefficient (Wildman–Crippen LogP) is 11.6. The van der Waals surface area contributed by atoms with E-state index in [4.69, 9.17) is 28.1 Å². The second-order valence-electron chi connectivity index (χ2n) is 21.8. The van der Waals surface area contributed by atoms with Crippen LogP contribution in [-0.2, 0) is 35.0 Å². The molecular weight excluding hydrogens is 934 g/mol. The highest BCUT2D eigenvalue weighted by Gasteiger charge is 2.59. The van der Waals surface area contributed by atoms with E-state index in [-0.39, 0.29) is 43.2 Å². The van der Waals surface area contributed by atoms with Crippen LogP contribution in [0.25, 0.3) is 11.0 Å². The number of aromatic nitrogens is 2. The maximum absolute atomic E-state index is 15.7. The van der Waals surface area contributed by atoms with Crippen molar-refractivity contribution in [3.63, 3.8) is 0 Å². The van der Waals surface area contributed by atoms with Crippen LogP contribution in [0.3, 0.4) is 0 Å². The van der Waals surface area contributed by atoms with Crippen molar-refractivity contribution in [1.29, 1.82) is 0 Å². The summed E-state index contributed by atoms with van der Waals surface area (Å²) in [6.45, 7) is 16.7. The van der Waals surface area contributed by atoms with Crippen LogP contribution < -0.4 is 21.8 Å². The summed E-state index contributed by atoms with van der Waals surface area (Å²) < 4.78 is 54.8. The number of anilines is 1. The van der Waals surface area contributed by atoms with Crippen LogP contribution >= 0.6 is 0 Å². The van der Waals surface area contributed by atoms with E-state index in [2.05, 4.69) is 58.6 Å². The molecule has 400 valence electrons. The molecule has 3 aliphatic heterocycles. The fraction of sp³-hybridized carbons (Fsp3) is 0.638. The van der Waals surface area contributed by atoms with E-state index in [1.54, 1.807) is 13.0 Å². The highest BCUT2D eigenvalue weighted by atomic mass is 19.1. The zero-order valence-electron chi connectivity index (χ0n) is 44.7. The Morgan fingerprint density at radius 1 is 0.822 bits per heavy atom. The second kappa shape index (κ2) is 24.9. The van der Waals surface area contributed by atoms with Gasteiger partial charge in [0.2, 0.25) is 5.82 Å². The van der Waals surface area contributed by atoms with E-state index in [0.717, 1.165) is 103 Å². The third-order valence-corrected chi connectivity index (χ3v) is 15.2. The Bertz CT molecular complexity index is 2700. The van der Waals surface area contributed by atoms with Crippen LogP contribution in [0.2, 0.25) is 0 Å². The Balaban J connectivity index is 1.06. The molecule has 14 nitrogen and oxygen atoms in total. The van der Waals surface area contributed by atoms with Gasteiger partial charge >= 0.3 is 23.3 Å². The molecule has 1 saturated carbocycles. The minimum absolute atomic E-state index is 0.0866. The summed E-state index contributed by atoms with van der Waals surface area (Å²) in [5, 5.41) is 0.624. The Kier molecular flexibility index (Phi) is 19.0. The van der Waals surface area contributed by atoms with Crippen molar-refractivity contribution in [3.8, 4) is 0 Å². The van der Waals surface area contributed by atoms with Gasteiger partial charge in [-0.15, -0.1) is 0 Å². The summed E-state index contributed by atoms with van der Waals surface area (Å²) in [5.41, 5.74) is 2.88. The van der Waals surface area contributed by atoms with Gasteiger partial charge in [-0.1, -0.05) is 86.8 Å².